The van der Waals surface area contributed by atoms with Gasteiger partial charge in [0.05, 0.1) is 5.02 Å². The Kier molecular flexibility index (Phi) is 5.89. The van der Waals surface area contributed by atoms with Gasteiger partial charge in [0.25, 0.3) is 0 Å². The Balaban J connectivity index is 2.03. The summed E-state index contributed by atoms with van der Waals surface area (Å²) < 4.78 is 2.31. The second kappa shape index (κ2) is 7.91. The minimum atomic E-state index is 0.472. The van der Waals surface area contributed by atoms with Crippen LogP contribution in [0.2, 0.25) is 10.0 Å². The van der Waals surface area contributed by atoms with Crippen molar-refractivity contribution in [1.82, 2.24) is 14.8 Å². The van der Waals surface area contributed by atoms with Gasteiger partial charge in [0, 0.05) is 22.4 Å². The third kappa shape index (κ3) is 3.86. The molecule has 3 nitrogen and oxygen atoms in total. The van der Waals surface area contributed by atoms with Gasteiger partial charge in [0.2, 0.25) is 0 Å². The highest BCUT2D eigenvalue weighted by molar-refractivity contribution is 7.99. The van der Waals surface area contributed by atoms with Crippen LogP contribution in [0.25, 0.3) is 11.4 Å². The van der Waals surface area contributed by atoms with E-state index in [1.54, 1.807) is 17.8 Å². The molecule has 0 unspecified atom stereocenters. The monoisotopic (exact) mass is 369 g/mol. The first-order valence-corrected chi connectivity index (χ1v) is 9.98. The number of benzene rings is 1. The molecular formula is C17H21Cl2N3S. The summed E-state index contributed by atoms with van der Waals surface area (Å²) in [6, 6.07) is 6.06. The lowest BCUT2D eigenvalue weighted by Crippen LogP contribution is -2.15. The summed E-state index contributed by atoms with van der Waals surface area (Å²) in [5.74, 6) is 1.93. The van der Waals surface area contributed by atoms with Crippen LogP contribution >= 0.6 is 35.0 Å². The van der Waals surface area contributed by atoms with Gasteiger partial charge in [-0.1, -0.05) is 61.1 Å². The molecule has 1 aliphatic rings. The smallest absolute Gasteiger partial charge is 0.191 e. The summed E-state index contributed by atoms with van der Waals surface area (Å²) in [6.45, 7) is 2.19. The Morgan fingerprint density at radius 3 is 2.65 bits per heavy atom. The lowest BCUT2D eigenvalue weighted by atomic mass is 9.95. The van der Waals surface area contributed by atoms with Crippen molar-refractivity contribution in [2.45, 2.75) is 56.6 Å². The molecule has 0 amide bonds. The summed E-state index contributed by atoms with van der Waals surface area (Å²) in [5.41, 5.74) is 0.914. The van der Waals surface area contributed by atoms with Crippen molar-refractivity contribution in [1.29, 1.82) is 0 Å². The molecule has 6 heteroatoms. The van der Waals surface area contributed by atoms with Crippen molar-refractivity contribution in [2.24, 2.45) is 0 Å². The molecule has 124 valence electrons. The SMILES string of the molecule is CCCSc1nnc(-c2ccc(Cl)cc2Cl)n1C1CCCCC1. The van der Waals surface area contributed by atoms with E-state index < -0.39 is 0 Å². The maximum absolute atomic E-state index is 6.42. The molecular weight excluding hydrogens is 349 g/mol. The normalized spacial score (nSPS) is 16.0. The number of hydrogen-bond acceptors (Lipinski definition) is 3. The van der Waals surface area contributed by atoms with E-state index in [4.69, 9.17) is 23.2 Å². The zero-order valence-corrected chi connectivity index (χ0v) is 15.6. The first-order valence-electron chi connectivity index (χ1n) is 8.24. The molecule has 0 atom stereocenters. The molecule has 1 aromatic heterocycles. The number of nitrogens with zero attached hydrogens (tertiary/aromatic N) is 3. The Hall–Kier alpha value is -0.710. The molecule has 0 spiro atoms. The summed E-state index contributed by atoms with van der Waals surface area (Å²) in [4.78, 5) is 0. The molecule has 0 radical (unpaired) electrons. The van der Waals surface area contributed by atoms with Crippen LogP contribution in [0.15, 0.2) is 23.4 Å². The van der Waals surface area contributed by atoms with Crippen LogP contribution in [0.1, 0.15) is 51.5 Å². The third-order valence-electron chi connectivity index (χ3n) is 4.21. The average Bonchev–Trinajstić information content (AvgIpc) is 2.97. The van der Waals surface area contributed by atoms with Gasteiger partial charge in [-0.05, 0) is 37.5 Å². The lowest BCUT2D eigenvalue weighted by molar-refractivity contribution is 0.339. The first-order chi connectivity index (χ1) is 11.2. The largest absolute Gasteiger partial charge is 0.299 e. The van der Waals surface area contributed by atoms with E-state index in [9.17, 15) is 0 Å². The van der Waals surface area contributed by atoms with Crippen molar-refractivity contribution >= 4 is 35.0 Å². The van der Waals surface area contributed by atoms with Crippen LogP contribution in [0.3, 0.4) is 0 Å². The summed E-state index contributed by atoms with van der Waals surface area (Å²) >= 11 is 14.2. The third-order valence-corrected chi connectivity index (χ3v) is 5.91. The average molecular weight is 370 g/mol. The van der Waals surface area contributed by atoms with E-state index in [2.05, 4.69) is 21.7 Å². The molecule has 3 rings (SSSR count). The second-order valence-corrected chi connectivity index (χ2v) is 7.85. The molecule has 23 heavy (non-hydrogen) atoms. The Labute approximate surface area is 151 Å². The molecule has 1 aromatic carbocycles. The van der Waals surface area contributed by atoms with Gasteiger partial charge in [-0.25, -0.2) is 0 Å². The highest BCUT2D eigenvalue weighted by Crippen LogP contribution is 2.38. The molecule has 0 N–H and O–H groups in total. The fourth-order valence-corrected chi connectivity index (χ4v) is 4.44. The summed E-state index contributed by atoms with van der Waals surface area (Å²) in [6.07, 6.45) is 7.38. The van der Waals surface area contributed by atoms with Gasteiger partial charge in [-0.2, -0.15) is 0 Å². The zero-order chi connectivity index (χ0) is 16.2. The van der Waals surface area contributed by atoms with E-state index in [1.165, 1.54) is 32.1 Å². The fraction of sp³-hybridized carbons (Fsp3) is 0.529. The van der Waals surface area contributed by atoms with Crippen LogP contribution in [0.5, 0.6) is 0 Å². The molecule has 0 aliphatic heterocycles. The van der Waals surface area contributed by atoms with Gasteiger partial charge in [0.1, 0.15) is 0 Å². The lowest BCUT2D eigenvalue weighted by Gasteiger charge is -2.25. The van der Waals surface area contributed by atoms with E-state index in [0.717, 1.165) is 28.7 Å². The predicted molar refractivity (Wildman–Crippen MR) is 98.6 cm³/mol. The first kappa shape index (κ1) is 17.1. The van der Waals surface area contributed by atoms with Gasteiger partial charge in [-0.3, -0.25) is 4.57 Å². The fourth-order valence-electron chi connectivity index (χ4n) is 3.09. The molecule has 0 bridgehead atoms. The van der Waals surface area contributed by atoms with Crippen LogP contribution in [-0.2, 0) is 0 Å². The Morgan fingerprint density at radius 1 is 1.17 bits per heavy atom. The van der Waals surface area contributed by atoms with Gasteiger partial charge in [-0.15, -0.1) is 10.2 Å². The van der Waals surface area contributed by atoms with Gasteiger partial charge >= 0.3 is 0 Å². The predicted octanol–water partition coefficient (Wildman–Crippen LogP) is 6.26. The van der Waals surface area contributed by atoms with Crippen molar-refractivity contribution in [3.05, 3.63) is 28.2 Å². The number of aromatic nitrogens is 3. The number of thioether (sulfide) groups is 1. The summed E-state index contributed by atoms with van der Waals surface area (Å²) in [5, 5.41) is 11.2. The molecule has 2 aromatic rings. The number of halogens is 2. The van der Waals surface area contributed by atoms with E-state index in [1.807, 2.05) is 12.1 Å². The topological polar surface area (TPSA) is 30.7 Å². The van der Waals surface area contributed by atoms with Crippen LogP contribution in [0, 0.1) is 0 Å². The molecule has 1 saturated carbocycles. The minimum Gasteiger partial charge on any atom is -0.299 e. The Morgan fingerprint density at radius 2 is 1.96 bits per heavy atom. The highest BCUT2D eigenvalue weighted by atomic mass is 35.5. The number of hydrogen-bond donors (Lipinski definition) is 0. The van der Waals surface area contributed by atoms with E-state index in [0.29, 0.717) is 16.1 Å². The highest BCUT2D eigenvalue weighted by Gasteiger charge is 2.24. The zero-order valence-electron chi connectivity index (χ0n) is 13.3. The summed E-state index contributed by atoms with van der Waals surface area (Å²) in [7, 11) is 0. The second-order valence-electron chi connectivity index (χ2n) is 5.94. The van der Waals surface area contributed by atoms with Crippen LogP contribution < -0.4 is 0 Å². The molecule has 1 fully saturated rings. The van der Waals surface area contributed by atoms with Crippen molar-refractivity contribution in [3.8, 4) is 11.4 Å². The van der Waals surface area contributed by atoms with Crippen LogP contribution in [-0.4, -0.2) is 20.5 Å². The minimum absolute atomic E-state index is 0.472. The van der Waals surface area contributed by atoms with Crippen LogP contribution in [0.4, 0.5) is 0 Å². The van der Waals surface area contributed by atoms with Crippen molar-refractivity contribution in [3.63, 3.8) is 0 Å². The van der Waals surface area contributed by atoms with Gasteiger partial charge < -0.3 is 0 Å². The van der Waals surface area contributed by atoms with E-state index >= 15 is 0 Å². The van der Waals surface area contributed by atoms with Crippen molar-refractivity contribution < 1.29 is 0 Å². The molecule has 1 aliphatic carbocycles. The maximum Gasteiger partial charge on any atom is 0.191 e. The molecule has 1 heterocycles. The standard InChI is InChI=1S/C17H21Cl2N3S/c1-2-10-23-17-21-20-16(14-9-8-12(18)11-15(14)19)22(17)13-6-4-3-5-7-13/h8-9,11,13H,2-7,10H2,1H3. The quantitative estimate of drug-likeness (QED) is 0.582. The maximum atomic E-state index is 6.42. The van der Waals surface area contributed by atoms with Crippen molar-refractivity contribution in [2.75, 3.05) is 5.75 Å². The number of rotatable bonds is 5. The van der Waals surface area contributed by atoms with Gasteiger partial charge in [0.15, 0.2) is 11.0 Å². The molecule has 0 saturated heterocycles. The Bertz CT molecular complexity index is 666. The van der Waals surface area contributed by atoms with E-state index in [-0.39, 0.29) is 0 Å².